The van der Waals surface area contributed by atoms with E-state index in [9.17, 15) is 14.0 Å². The van der Waals surface area contributed by atoms with Crippen molar-refractivity contribution in [3.05, 3.63) is 65.5 Å². The third-order valence-corrected chi connectivity index (χ3v) is 3.12. The molecule has 0 bridgehead atoms. The number of imide groups is 1. The molecule has 3 amide bonds. The van der Waals surface area contributed by atoms with Crippen LogP contribution in [0.25, 0.3) is 0 Å². The highest BCUT2D eigenvalue weighted by Crippen LogP contribution is 2.21. The fraction of sp³-hybridized carbons (Fsp3) is 0.125. The van der Waals surface area contributed by atoms with Crippen LogP contribution in [0.15, 0.2) is 48.5 Å². The maximum absolute atomic E-state index is 13.6. The topological polar surface area (TPSA) is 84.2 Å². The monoisotopic (exact) mass is 301 g/mol. The van der Waals surface area contributed by atoms with Crippen LogP contribution < -0.4 is 16.4 Å². The molecule has 2 aromatic carbocycles. The van der Waals surface area contributed by atoms with Crippen LogP contribution in [0.5, 0.6) is 0 Å². The number of rotatable bonds is 4. The average molecular weight is 301 g/mol. The van der Waals surface area contributed by atoms with Crippen LogP contribution in [0, 0.1) is 12.7 Å². The molecular formula is C16H16FN3O2. The van der Waals surface area contributed by atoms with Crippen LogP contribution in [-0.4, -0.2) is 11.9 Å². The molecule has 0 spiro atoms. The first kappa shape index (κ1) is 15.5. The Hall–Kier alpha value is -2.89. The largest absolute Gasteiger partial charge is 0.370 e. The van der Waals surface area contributed by atoms with Crippen LogP contribution in [0.1, 0.15) is 17.2 Å². The summed E-state index contributed by atoms with van der Waals surface area (Å²) < 4.78 is 13.6. The number of nitrogens with one attached hydrogen (secondary N) is 2. The van der Waals surface area contributed by atoms with Gasteiger partial charge in [-0.2, -0.15) is 0 Å². The Bertz CT molecular complexity index is 689. The molecule has 5 nitrogen and oxygen atoms in total. The van der Waals surface area contributed by atoms with Crippen molar-refractivity contribution in [1.82, 2.24) is 5.32 Å². The second kappa shape index (κ2) is 6.71. The van der Waals surface area contributed by atoms with Gasteiger partial charge in [-0.1, -0.05) is 36.4 Å². The normalized spacial score (nSPS) is 11.5. The number of hydrogen-bond acceptors (Lipinski definition) is 3. The van der Waals surface area contributed by atoms with Crippen LogP contribution in [0.4, 0.5) is 14.9 Å². The van der Waals surface area contributed by atoms with Gasteiger partial charge in [0.05, 0.1) is 0 Å². The van der Waals surface area contributed by atoms with Gasteiger partial charge in [0, 0.05) is 5.69 Å². The van der Waals surface area contributed by atoms with Crippen molar-refractivity contribution >= 4 is 17.6 Å². The molecule has 0 aliphatic heterocycles. The number of benzene rings is 2. The third-order valence-electron chi connectivity index (χ3n) is 3.12. The standard InChI is InChI=1S/C16H16FN3O2/c1-10-7-8-12(9-13(10)17)19-14(15(21)20-16(18)22)11-5-3-2-4-6-11/h2-9,14,19H,1H3,(H3,18,20,21,22)/t14-/m0/s1. The summed E-state index contributed by atoms with van der Waals surface area (Å²) in [6.45, 7) is 1.65. The second-order valence-electron chi connectivity index (χ2n) is 4.81. The second-order valence-corrected chi connectivity index (χ2v) is 4.81. The van der Waals surface area contributed by atoms with Crippen LogP contribution >= 0.6 is 0 Å². The highest BCUT2D eigenvalue weighted by atomic mass is 19.1. The van der Waals surface area contributed by atoms with E-state index in [1.165, 1.54) is 6.07 Å². The summed E-state index contributed by atoms with van der Waals surface area (Å²) in [5.74, 6) is -0.994. The fourth-order valence-electron chi connectivity index (χ4n) is 1.99. The van der Waals surface area contributed by atoms with E-state index in [4.69, 9.17) is 5.73 Å². The molecule has 0 heterocycles. The minimum absolute atomic E-state index is 0.382. The van der Waals surface area contributed by atoms with E-state index in [0.717, 1.165) is 0 Å². The molecule has 0 unspecified atom stereocenters. The van der Waals surface area contributed by atoms with E-state index in [1.807, 2.05) is 5.32 Å². The molecule has 0 aliphatic rings. The molecule has 4 N–H and O–H groups in total. The van der Waals surface area contributed by atoms with Gasteiger partial charge in [-0.3, -0.25) is 10.1 Å². The summed E-state index contributed by atoms with van der Waals surface area (Å²) in [4.78, 5) is 23.0. The summed E-state index contributed by atoms with van der Waals surface area (Å²) in [5, 5.41) is 4.94. The highest BCUT2D eigenvalue weighted by molar-refractivity contribution is 5.98. The van der Waals surface area contributed by atoms with E-state index in [0.29, 0.717) is 16.8 Å². The molecule has 2 rings (SSSR count). The first-order chi connectivity index (χ1) is 10.5. The number of nitrogens with two attached hydrogens (primary N) is 1. The summed E-state index contributed by atoms with van der Waals surface area (Å²) in [7, 11) is 0. The molecule has 0 aromatic heterocycles. The van der Waals surface area contributed by atoms with Crippen LogP contribution in [-0.2, 0) is 4.79 Å². The van der Waals surface area contributed by atoms with E-state index in [2.05, 4.69) is 5.32 Å². The maximum atomic E-state index is 13.6. The molecule has 2 aromatic rings. The van der Waals surface area contributed by atoms with Crippen LogP contribution in [0.3, 0.4) is 0 Å². The lowest BCUT2D eigenvalue weighted by Crippen LogP contribution is -2.40. The predicted molar refractivity (Wildman–Crippen MR) is 81.7 cm³/mol. The quantitative estimate of drug-likeness (QED) is 0.811. The van der Waals surface area contributed by atoms with Gasteiger partial charge in [-0.25, -0.2) is 9.18 Å². The number of halogens is 1. The minimum Gasteiger partial charge on any atom is -0.370 e. The number of carbonyl (C=O) groups excluding carboxylic acids is 2. The zero-order valence-electron chi connectivity index (χ0n) is 12.0. The van der Waals surface area contributed by atoms with Gasteiger partial charge >= 0.3 is 6.03 Å². The van der Waals surface area contributed by atoms with Crippen molar-refractivity contribution < 1.29 is 14.0 Å². The summed E-state index contributed by atoms with van der Waals surface area (Å²) in [5.41, 5.74) is 6.55. The summed E-state index contributed by atoms with van der Waals surface area (Å²) in [6, 6.07) is 11.5. The van der Waals surface area contributed by atoms with Gasteiger partial charge in [-0.05, 0) is 30.2 Å². The van der Waals surface area contributed by atoms with Crippen LogP contribution in [0.2, 0.25) is 0 Å². The first-order valence-electron chi connectivity index (χ1n) is 6.65. The molecule has 0 radical (unpaired) electrons. The van der Waals surface area contributed by atoms with Gasteiger partial charge in [0.15, 0.2) is 0 Å². The molecule has 0 fully saturated rings. The summed E-state index contributed by atoms with van der Waals surface area (Å²) in [6.07, 6.45) is 0. The minimum atomic E-state index is -0.942. The number of urea groups is 1. The van der Waals surface area contributed by atoms with Gasteiger partial charge in [0.2, 0.25) is 0 Å². The molecule has 1 atom stereocenters. The SMILES string of the molecule is Cc1ccc(N[C@H](C(=O)NC(N)=O)c2ccccc2)cc1F. The van der Waals surface area contributed by atoms with Crippen molar-refractivity contribution in [2.24, 2.45) is 5.73 Å². The van der Waals surface area contributed by atoms with Gasteiger partial charge in [0.25, 0.3) is 5.91 Å². The van der Waals surface area contributed by atoms with Crippen molar-refractivity contribution in [3.63, 3.8) is 0 Å². The number of carbonyl (C=O) groups is 2. The van der Waals surface area contributed by atoms with E-state index >= 15 is 0 Å². The highest BCUT2D eigenvalue weighted by Gasteiger charge is 2.21. The van der Waals surface area contributed by atoms with Crippen molar-refractivity contribution in [2.75, 3.05) is 5.32 Å². The number of primary amides is 1. The Morgan fingerprint density at radius 2 is 1.82 bits per heavy atom. The Morgan fingerprint density at radius 1 is 1.14 bits per heavy atom. The predicted octanol–water partition coefficient (Wildman–Crippen LogP) is 2.48. The third kappa shape index (κ3) is 3.82. The molecule has 114 valence electrons. The van der Waals surface area contributed by atoms with Crippen molar-refractivity contribution in [2.45, 2.75) is 13.0 Å². The Morgan fingerprint density at radius 3 is 2.41 bits per heavy atom. The van der Waals surface area contributed by atoms with E-state index in [1.54, 1.807) is 49.4 Å². The van der Waals surface area contributed by atoms with E-state index < -0.39 is 18.0 Å². The zero-order chi connectivity index (χ0) is 16.1. The lowest BCUT2D eigenvalue weighted by Gasteiger charge is -2.19. The number of aryl methyl sites for hydroxylation is 1. The van der Waals surface area contributed by atoms with Crippen molar-refractivity contribution in [3.8, 4) is 0 Å². The molecular weight excluding hydrogens is 285 g/mol. The molecule has 6 heteroatoms. The maximum Gasteiger partial charge on any atom is 0.318 e. The molecule has 0 aliphatic carbocycles. The zero-order valence-corrected chi connectivity index (χ0v) is 12.0. The Kier molecular flexibility index (Phi) is 4.73. The number of anilines is 1. The Labute approximate surface area is 127 Å². The molecule has 22 heavy (non-hydrogen) atoms. The fourth-order valence-corrected chi connectivity index (χ4v) is 1.99. The Balaban J connectivity index is 2.30. The van der Waals surface area contributed by atoms with Gasteiger partial charge in [-0.15, -0.1) is 0 Å². The smallest absolute Gasteiger partial charge is 0.318 e. The number of amides is 3. The number of hydrogen-bond donors (Lipinski definition) is 3. The lowest BCUT2D eigenvalue weighted by molar-refractivity contribution is -0.120. The van der Waals surface area contributed by atoms with Gasteiger partial charge in [0.1, 0.15) is 11.9 Å². The molecule has 0 saturated carbocycles. The summed E-state index contributed by atoms with van der Waals surface area (Å²) >= 11 is 0. The first-order valence-corrected chi connectivity index (χ1v) is 6.65. The van der Waals surface area contributed by atoms with Gasteiger partial charge < -0.3 is 11.1 Å². The average Bonchev–Trinajstić information content (AvgIpc) is 2.48. The molecule has 0 saturated heterocycles. The van der Waals surface area contributed by atoms with Crippen molar-refractivity contribution in [1.29, 1.82) is 0 Å². The van der Waals surface area contributed by atoms with E-state index in [-0.39, 0.29) is 5.82 Å². The lowest BCUT2D eigenvalue weighted by atomic mass is 10.1.